The highest BCUT2D eigenvalue weighted by Gasteiger charge is 2.16. The molecule has 2 N–H and O–H groups in total. The van der Waals surface area contributed by atoms with Gasteiger partial charge in [0.05, 0.1) is 11.0 Å². The minimum absolute atomic E-state index is 0. The molecule has 2 aromatic rings. The second-order valence-electron chi connectivity index (χ2n) is 6.09. The van der Waals surface area contributed by atoms with Crippen molar-refractivity contribution in [1.29, 1.82) is 0 Å². The molecule has 1 aromatic heterocycles. The van der Waals surface area contributed by atoms with E-state index in [1.54, 1.807) is 0 Å². The molecule has 0 aliphatic carbocycles. The largest absolute Gasteiger partial charge is 0.357 e. The number of para-hydroxylation sites is 2. The van der Waals surface area contributed by atoms with Crippen LogP contribution in [0.1, 0.15) is 26.6 Å². The normalized spacial score (nSPS) is 12.1. The Morgan fingerprint density at radius 2 is 2.00 bits per heavy atom. The van der Waals surface area contributed by atoms with E-state index in [-0.39, 0.29) is 28.7 Å². The van der Waals surface area contributed by atoms with Gasteiger partial charge in [0.1, 0.15) is 12.4 Å². The number of imidazole rings is 1. The molecule has 0 unspecified atom stereocenters. The summed E-state index contributed by atoms with van der Waals surface area (Å²) in [7, 11) is 2.04. The van der Waals surface area contributed by atoms with Crippen molar-refractivity contribution in [2.45, 2.75) is 32.1 Å². The molecular weight excluding hydrogens is 433 g/mol. The molecule has 24 heavy (non-hydrogen) atoms. The Kier molecular flexibility index (Phi) is 8.35. The number of nitrogens with one attached hydrogen (secondary N) is 2. The van der Waals surface area contributed by atoms with Gasteiger partial charge in [-0.05, 0) is 39.2 Å². The van der Waals surface area contributed by atoms with Gasteiger partial charge in [-0.3, -0.25) is 0 Å². The van der Waals surface area contributed by atoms with Gasteiger partial charge in [0, 0.05) is 24.9 Å². The number of halogens is 1. The summed E-state index contributed by atoms with van der Waals surface area (Å²) in [6, 6.07) is 8.17. The summed E-state index contributed by atoms with van der Waals surface area (Å²) >= 11 is 1.85. The van der Waals surface area contributed by atoms with Crippen molar-refractivity contribution in [2.24, 2.45) is 12.0 Å². The molecule has 5 nitrogen and oxygen atoms in total. The third-order valence-electron chi connectivity index (χ3n) is 3.84. The average molecular weight is 461 g/mol. The number of fused-ring (bicyclic) bond motifs is 1. The first kappa shape index (κ1) is 21.1. The average Bonchev–Trinajstić information content (AvgIpc) is 2.87. The van der Waals surface area contributed by atoms with Gasteiger partial charge in [0.25, 0.3) is 0 Å². The summed E-state index contributed by atoms with van der Waals surface area (Å²) in [6.45, 7) is 8.78. The summed E-state index contributed by atoms with van der Waals surface area (Å²) in [5.74, 6) is 1.80. The lowest BCUT2D eigenvalue weighted by molar-refractivity contribution is 0.663. The maximum Gasteiger partial charge on any atom is 0.191 e. The molecule has 2 rings (SSSR count). The van der Waals surface area contributed by atoms with Crippen LogP contribution in [0.2, 0.25) is 0 Å². The predicted molar refractivity (Wildman–Crippen MR) is 117 cm³/mol. The SMILES string of the molecule is CCNC(=NCc1nc2ccccc2n1C)NCC(C)(C)SC.I. The molecule has 0 fully saturated rings. The predicted octanol–water partition coefficient (Wildman–Crippen LogP) is 3.39. The zero-order chi connectivity index (χ0) is 16.9. The first-order chi connectivity index (χ1) is 11.0. The van der Waals surface area contributed by atoms with Gasteiger partial charge in [-0.25, -0.2) is 9.98 Å². The lowest BCUT2D eigenvalue weighted by atomic mass is 10.2. The second kappa shape index (κ2) is 9.50. The Bertz CT molecular complexity index is 681. The Hall–Kier alpha value is -0.960. The van der Waals surface area contributed by atoms with E-state index in [1.165, 1.54) is 0 Å². The van der Waals surface area contributed by atoms with Crippen LogP contribution in [0, 0.1) is 0 Å². The molecular formula is C17H28IN5S. The van der Waals surface area contributed by atoms with Gasteiger partial charge in [0.15, 0.2) is 5.96 Å². The molecule has 1 aromatic carbocycles. The number of benzene rings is 1. The Labute approximate surface area is 166 Å². The van der Waals surface area contributed by atoms with Crippen LogP contribution in [-0.2, 0) is 13.6 Å². The molecule has 7 heteroatoms. The lowest BCUT2D eigenvalue weighted by Gasteiger charge is -2.23. The number of thioether (sulfide) groups is 1. The molecule has 134 valence electrons. The van der Waals surface area contributed by atoms with Crippen LogP contribution >= 0.6 is 35.7 Å². The molecule has 0 atom stereocenters. The summed E-state index contributed by atoms with van der Waals surface area (Å²) in [4.78, 5) is 9.34. The third-order valence-corrected chi connectivity index (χ3v) is 5.09. The first-order valence-electron chi connectivity index (χ1n) is 7.94. The number of aryl methyl sites for hydroxylation is 1. The summed E-state index contributed by atoms with van der Waals surface area (Å²) < 4.78 is 2.28. The highest BCUT2D eigenvalue weighted by atomic mass is 127. The van der Waals surface area contributed by atoms with E-state index < -0.39 is 0 Å². The second-order valence-corrected chi connectivity index (χ2v) is 7.60. The van der Waals surface area contributed by atoms with E-state index in [4.69, 9.17) is 0 Å². The molecule has 0 saturated carbocycles. The van der Waals surface area contributed by atoms with E-state index in [0.29, 0.717) is 6.54 Å². The minimum Gasteiger partial charge on any atom is -0.357 e. The summed E-state index contributed by atoms with van der Waals surface area (Å²) in [6.07, 6.45) is 2.13. The maximum absolute atomic E-state index is 4.68. The van der Waals surface area contributed by atoms with Crippen molar-refractivity contribution in [1.82, 2.24) is 20.2 Å². The van der Waals surface area contributed by atoms with Crippen LogP contribution in [0.3, 0.4) is 0 Å². The molecule has 0 spiro atoms. The van der Waals surface area contributed by atoms with E-state index in [1.807, 2.05) is 37.0 Å². The van der Waals surface area contributed by atoms with Gasteiger partial charge in [-0.1, -0.05) is 12.1 Å². The number of aromatic nitrogens is 2. The van der Waals surface area contributed by atoms with E-state index >= 15 is 0 Å². The molecule has 0 aliphatic rings. The van der Waals surface area contributed by atoms with Gasteiger partial charge >= 0.3 is 0 Å². The van der Waals surface area contributed by atoms with Crippen molar-refractivity contribution in [3.05, 3.63) is 30.1 Å². The summed E-state index contributed by atoms with van der Waals surface area (Å²) in [5, 5.41) is 6.71. The van der Waals surface area contributed by atoms with Crippen LogP contribution in [-0.4, -0.2) is 39.6 Å². The molecule has 1 heterocycles. The van der Waals surface area contributed by atoms with Crippen LogP contribution in [0.5, 0.6) is 0 Å². The van der Waals surface area contributed by atoms with Crippen molar-refractivity contribution in [2.75, 3.05) is 19.3 Å². The zero-order valence-electron chi connectivity index (χ0n) is 15.1. The van der Waals surface area contributed by atoms with Crippen molar-refractivity contribution in [3.8, 4) is 0 Å². The molecule has 0 radical (unpaired) electrons. The fourth-order valence-electron chi connectivity index (χ4n) is 2.20. The monoisotopic (exact) mass is 461 g/mol. The topological polar surface area (TPSA) is 54.2 Å². The van der Waals surface area contributed by atoms with Gasteiger partial charge in [0.2, 0.25) is 0 Å². The Morgan fingerprint density at radius 3 is 2.62 bits per heavy atom. The number of hydrogen-bond donors (Lipinski definition) is 2. The first-order valence-corrected chi connectivity index (χ1v) is 9.17. The molecule has 0 amide bonds. The van der Waals surface area contributed by atoms with Crippen molar-refractivity contribution < 1.29 is 0 Å². The van der Waals surface area contributed by atoms with Crippen LogP contribution in [0.4, 0.5) is 0 Å². The third kappa shape index (κ3) is 5.54. The van der Waals surface area contributed by atoms with Crippen LogP contribution < -0.4 is 10.6 Å². The Morgan fingerprint density at radius 1 is 1.29 bits per heavy atom. The van der Waals surface area contributed by atoms with Gasteiger partial charge < -0.3 is 15.2 Å². The fourth-order valence-corrected chi connectivity index (χ4v) is 2.41. The number of hydrogen-bond acceptors (Lipinski definition) is 3. The Balaban J connectivity index is 0.00000288. The van der Waals surface area contributed by atoms with Gasteiger partial charge in [-0.15, -0.1) is 24.0 Å². The van der Waals surface area contributed by atoms with Crippen molar-refractivity contribution in [3.63, 3.8) is 0 Å². The highest BCUT2D eigenvalue weighted by Crippen LogP contribution is 2.19. The zero-order valence-corrected chi connectivity index (χ0v) is 18.2. The maximum atomic E-state index is 4.68. The number of guanidine groups is 1. The van der Waals surface area contributed by atoms with E-state index in [2.05, 4.69) is 58.3 Å². The van der Waals surface area contributed by atoms with Gasteiger partial charge in [-0.2, -0.15) is 11.8 Å². The van der Waals surface area contributed by atoms with E-state index in [9.17, 15) is 0 Å². The summed E-state index contributed by atoms with van der Waals surface area (Å²) in [5.41, 5.74) is 2.15. The molecule has 0 saturated heterocycles. The molecule has 0 aliphatic heterocycles. The highest BCUT2D eigenvalue weighted by molar-refractivity contribution is 14.0. The number of nitrogens with zero attached hydrogens (tertiary/aromatic N) is 3. The quantitative estimate of drug-likeness (QED) is 0.394. The lowest BCUT2D eigenvalue weighted by Crippen LogP contribution is -2.43. The van der Waals surface area contributed by atoms with Crippen molar-refractivity contribution >= 4 is 52.7 Å². The standard InChI is InChI=1S/C17H27N5S.HI/c1-6-18-16(20-12-17(2,3)23-5)19-11-15-21-13-9-7-8-10-14(13)22(15)4;/h7-10H,6,11-12H2,1-5H3,(H2,18,19,20);1H. The number of aliphatic imine (C=N–C) groups is 1. The van der Waals surface area contributed by atoms with E-state index in [0.717, 1.165) is 35.9 Å². The van der Waals surface area contributed by atoms with Crippen LogP contribution in [0.25, 0.3) is 11.0 Å². The smallest absolute Gasteiger partial charge is 0.191 e. The number of rotatable bonds is 6. The minimum atomic E-state index is 0. The molecule has 0 bridgehead atoms. The fraction of sp³-hybridized carbons (Fsp3) is 0.529. The van der Waals surface area contributed by atoms with Crippen LogP contribution in [0.15, 0.2) is 29.3 Å².